The van der Waals surface area contributed by atoms with Gasteiger partial charge in [0.25, 0.3) is 5.91 Å². The van der Waals surface area contributed by atoms with Crippen molar-refractivity contribution in [2.75, 3.05) is 11.4 Å². The molecule has 1 atom stereocenters. The molecule has 0 saturated carbocycles. The van der Waals surface area contributed by atoms with E-state index in [1.807, 2.05) is 56.3 Å². The predicted octanol–water partition coefficient (Wildman–Crippen LogP) is 3.77. The minimum atomic E-state index is -0.0676. The monoisotopic (exact) mass is 412 g/mol. The van der Waals surface area contributed by atoms with E-state index in [4.69, 9.17) is 4.74 Å². The lowest BCUT2D eigenvalue weighted by atomic mass is 10.1. The highest BCUT2D eigenvalue weighted by Gasteiger charge is 2.29. The Kier molecular flexibility index (Phi) is 4.24. The minimum absolute atomic E-state index is 0.0620. The lowest BCUT2D eigenvalue weighted by molar-refractivity contribution is 0.0961. The van der Waals surface area contributed by atoms with Gasteiger partial charge in [0.1, 0.15) is 18.2 Å². The van der Waals surface area contributed by atoms with Gasteiger partial charge in [0.15, 0.2) is 0 Å². The van der Waals surface area contributed by atoms with Crippen molar-refractivity contribution in [1.29, 1.82) is 0 Å². The Morgan fingerprint density at radius 3 is 2.85 bits per heavy atom. The van der Waals surface area contributed by atoms with Gasteiger partial charge in [0.05, 0.1) is 17.9 Å². The van der Waals surface area contributed by atoms with Crippen molar-refractivity contribution in [3.63, 3.8) is 0 Å². The number of nitrogens with zero attached hydrogens (tertiary/aromatic N) is 4. The second-order valence-corrected chi connectivity index (χ2v) is 6.99. The summed E-state index contributed by atoms with van der Waals surface area (Å²) in [4.78, 5) is 19.1. The number of aryl methyl sites for hydroxylation is 1. The molecular weight excluding hydrogens is 396 g/mol. The summed E-state index contributed by atoms with van der Waals surface area (Å²) in [7, 11) is 0. The van der Waals surface area contributed by atoms with E-state index in [1.54, 1.807) is 15.9 Å². The van der Waals surface area contributed by atoms with Gasteiger partial charge < -0.3 is 9.64 Å². The maximum atomic E-state index is 13.2. The van der Waals surface area contributed by atoms with Crippen molar-refractivity contribution in [3.8, 4) is 11.4 Å². The van der Waals surface area contributed by atoms with Gasteiger partial charge in [0, 0.05) is 5.56 Å². The second-order valence-electron chi connectivity index (χ2n) is 6.28. The van der Waals surface area contributed by atoms with E-state index in [2.05, 4.69) is 26.0 Å². The Morgan fingerprint density at radius 1 is 1.27 bits per heavy atom. The maximum Gasteiger partial charge on any atom is 0.258 e. The summed E-state index contributed by atoms with van der Waals surface area (Å²) in [6, 6.07) is 13.2. The van der Waals surface area contributed by atoms with Crippen LogP contribution in [0.5, 0.6) is 5.75 Å². The Bertz CT molecular complexity index is 985. The van der Waals surface area contributed by atoms with Crippen LogP contribution >= 0.6 is 15.9 Å². The van der Waals surface area contributed by atoms with Gasteiger partial charge in [0.2, 0.25) is 4.73 Å². The molecular formula is C19H17BrN4O2. The number of hydrogen-bond acceptors (Lipinski definition) is 4. The van der Waals surface area contributed by atoms with Crippen molar-refractivity contribution >= 4 is 27.5 Å². The van der Waals surface area contributed by atoms with Crippen LogP contribution in [0.15, 0.2) is 53.5 Å². The molecule has 1 amide bonds. The molecule has 2 aromatic carbocycles. The average Bonchev–Trinajstić information content (AvgIpc) is 3.08. The van der Waals surface area contributed by atoms with Crippen LogP contribution in [-0.2, 0) is 0 Å². The molecule has 0 saturated heterocycles. The third kappa shape index (κ3) is 2.99. The smallest absolute Gasteiger partial charge is 0.258 e. The molecule has 6 nitrogen and oxygen atoms in total. The first-order chi connectivity index (χ1) is 12.5. The zero-order chi connectivity index (χ0) is 18.3. The van der Waals surface area contributed by atoms with E-state index in [0.29, 0.717) is 16.8 Å². The molecule has 2 heterocycles. The number of halogens is 1. The summed E-state index contributed by atoms with van der Waals surface area (Å²) in [5, 5.41) is 4.23. The molecule has 1 aliphatic rings. The number of anilines is 1. The fourth-order valence-corrected chi connectivity index (χ4v) is 3.36. The number of amides is 1. The first-order valence-corrected chi connectivity index (χ1v) is 9.08. The standard InChI is InChI=1S/C19H17BrN4O2/c1-12-5-3-8-16-17(12)26-13(2)10-23(16)18(25)14-6-4-7-15(9-14)24-11-21-19(20)22-24/h3-9,11,13H,10H2,1-2H3/t13-/m0/s1. The number of hydrogen-bond donors (Lipinski definition) is 0. The first kappa shape index (κ1) is 16.8. The quantitative estimate of drug-likeness (QED) is 0.642. The molecule has 0 unspecified atom stereocenters. The summed E-state index contributed by atoms with van der Waals surface area (Å²) < 4.78 is 8.08. The summed E-state index contributed by atoms with van der Waals surface area (Å²) >= 11 is 3.24. The molecule has 3 aromatic rings. The lowest BCUT2D eigenvalue weighted by Crippen LogP contribution is -2.42. The number of fused-ring (bicyclic) bond motifs is 1. The molecule has 0 radical (unpaired) electrons. The van der Waals surface area contributed by atoms with Crippen LogP contribution in [0, 0.1) is 6.92 Å². The van der Waals surface area contributed by atoms with Gasteiger partial charge in [-0.1, -0.05) is 18.2 Å². The van der Waals surface area contributed by atoms with Crippen LogP contribution in [0.4, 0.5) is 5.69 Å². The first-order valence-electron chi connectivity index (χ1n) is 8.28. The summed E-state index contributed by atoms with van der Waals surface area (Å²) in [6.07, 6.45) is 1.53. The summed E-state index contributed by atoms with van der Waals surface area (Å²) in [6.45, 7) is 4.47. The number of ether oxygens (including phenoxy) is 1. The van der Waals surface area contributed by atoms with Crippen LogP contribution < -0.4 is 9.64 Å². The van der Waals surface area contributed by atoms with E-state index < -0.39 is 0 Å². The van der Waals surface area contributed by atoms with Crippen molar-refractivity contribution in [1.82, 2.24) is 14.8 Å². The third-order valence-electron chi connectivity index (χ3n) is 4.31. The fourth-order valence-electron chi connectivity index (χ4n) is 3.09. The topological polar surface area (TPSA) is 60.2 Å². The van der Waals surface area contributed by atoms with Crippen LogP contribution in [0.2, 0.25) is 0 Å². The molecule has 1 aliphatic heterocycles. The van der Waals surface area contributed by atoms with Crippen LogP contribution in [-0.4, -0.2) is 33.3 Å². The van der Waals surface area contributed by atoms with Gasteiger partial charge in [-0.25, -0.2) is 9.67 Å². The second kappa shape index (κ2) is 6.57. The molecule has 26 heavy (non-hydrogen) atoms. The van der Waals surface area contributed by atoms with Crippen molar-refractivity contribution in [2.45, 2.75) is 20.0 Å². The van der Waals surface area contributed by atoms with Crippen molar-refractivity contribution < 1.29 is 9.53 Å². The van der Waals surface area contributed by atoms with E-state index in [-0.39, 0.29) is 12.0 Å². The molecule has 1 aromatic heterocycles. The number of aromatic nitrogens is 3. The number of para-hydroxylation sites is 1. The third-order valence-corrected chi connectivity index (χ3v) is 4.67. The molecule has 0 spiro atoms. The Hall–Kier alpha value is -2.67. The highest BCUT2D eigenvalue weighted by atomic mass is 79.9. The Balaban J connectivity index is 1.72. The van der Waals surface area contributed by atoms with Gasteiger partial charge in [-0.2, -0.15) is 0 Å². The molecule has 132 valence electrons. The van der Waals surface area contributed by atoms with Gasteiger partial charge in [-0.15, -0.1) is 5.10 Å². The zero-order valence-corrected chi connectivity index (χ0v) is 16.0. The summed E-state index contributed by atoms with van der Waals surface area (Å²) in [5.41, 5.74) is 3.20. The Morgan fingerprint density at radius 2 is 2.08 bits per heavy atom. The van der Waals surface area contributed by atoms with Crippen LogP contribution in [0.3, 0.4) is 0 Å². The molecule has 4 rings (SSSR count). The largest absolute Gasteiger partial charge is 0.486 e. The predicted molar refractivity (Wildman–Crippen MR) is 102 cm³/mol. The molecule has 0 aliphatic carbocycles. The SMILES string of the molecule is Cc1cccc2c1O[C@@H](C)CN2C(=O)c1cccc(-n2cnc(Br)n2)c1. The maximum absolute atomic E-state index is 13.2. The van der Waals surface area contributed by atoms with Gasteiger partial charge in [-0.3, -0.25) is 4.79 Å². The number of carbonyl (C=O) groups excluding carboxylic acids is 1. The van der Waals surface area contributed by atoms with Gasteiger partial charge in [-0.05, 0) is 59.6 Å². The zero-order valence-electron chi connectivity index (χ0n) is 14.4. The normalized spacial score (nSPS) is 16.1. The van der Waals surface area contributed by atoms with E-state index in [1.165, 1.54) is 0 Å². The molecule has 0 fully saturated rings. The number of carbonyl (C=O) groups is 1. The molecule has 7 heteroatoms. The highest BCUT2D eigenvalue weighted by Crippen LogP contribution is 2.37. The minimum Gasteiger partial charge on any atom is -0.486 e. The Labute approximate surface area is 159 Å². The lowest BCUT2D eigenvalue weighted by Gasteiger charge is -2.34. The summed E-state index contributed by atoms with van der Waals surface area (Å²) in [5.74, 6) is 0.712. The fraction of sp³-hybridized carbons (Fsp3) is 0.211. The van der Waals surface area contributed by atoms with Gasteiger partial charge >= 0.3 is 0 Å². The molecule has 0 N–H and O–H groups in total. The number of benzene rings is 2. The number of rotatable bonds is 2. The molecule has 0 bridgehead atoms. The van der Waals surface area contributed by atoms with Crippen molar-refractivity contribution in [2.24, 2.45) is 0 Å². The highest BCUT2D eigenvalue weighted by molar-refractivity contribution is 9.10. The average molecular weight is 413 g/mol. The van der Waals surface area contributed by atoms with Crippen molar-refractivity contribution in [3.05, 3.63) is 64.7 Å². The van der Waals surface area contributed by atoms with Crippen LogP contribution in [0.1, 0.15) is 22.8 Å². The van der Waals surface area contributed by atoms with Crippen LogP contribution in [0.25, 0.3) is 5.69 Å². The van der Waals surface area contributed by atoms with E-state index in [0.717, 1.165) is 22.7 Å². The van der Waals surface area contributed by atoms with E-state index in [9.17, 15) is 4.79 Å². The van der Waals surface area contributed by atoms with E-state index >= 15 is 0 Å².